The summed E-state index contributed by atoms with van der Waals surface area (Å²) in [5.41, 5.74) is 0.683. The van der Waals surface area contributed by atoms with E-state index in [1.165, 1.54) is 0 Å². The number of anilines is 2. The number of hydrogen-bond donors (Lipinski definition) is 2. The Kier molecular flexibility index (Phi) is 3.05. The van der Waals surface area contributed by atoms with Crippen LogP contribution in [0.2, 0.25) is 0 Å². The molecule has 2 heterocycles. The predicted octanol–water partition coefficient (Wildman–Crippen LogP) is 0.744. The molecule has 0 bridgehead atoms. The Hall–Kier alpha value is -2.36. The number of aromatic amines is 1. The van der Waals surface area contributed by atoms with Gasteiger partial charge in [0.2, 0.25) is 5.95 Å². The van der Waals surface area contributed by atoms with Crippen molar-refractivity contribution >= 4 is 22.8 Å². The molecular formula is C10H13N7. The largest absolute Gasteiger partial charge is 0.358 e. The zero-order valence-electron chi connectivity index (χ0n) is 9.73. The summed E-state index contributed by atoms with van der Waals surface area (Å²) in [6.07, 6.45) is 2.14. The van der Waals surface area contributed by atoms with Gasteiger partial charge in [0.15, 0.2) is 5.65 Å². The van der Waals surface area contributed by atoms with Crippen LogP contribution in [0.3, 0.4) is 0 Å². The van der Waals surface area contributed by atoms with E-state index < -0.39 is 0 Å². The summed E-state index contributed by atoms with van der Waals surface area (Å²) in [5, 5.41) is 19.1. The molecule has 0 atom stereocenters. The molecule has 0 spiro atoms. The molecule has 2 rings (SSSR count). The third-order valence-electron chi connectivity index (χ3n) is 2.43. The second kappa shape index (κ2) is 4.65. The van der Waals surface area contributed by atoms with E-state index in [4.69, 9.17) is 5.26 Å². The Balaban J connectivity index is 2.43. The SMILES string of the molecule is CNc1nc(N(C)CCC#N)c2cn[nH]c2n1. The smallest absolute Gasteiger partial charge is 0.226 e. The lowest BCUT2D eigenvalue weighted by molar-refractivity contribution is 0.888. The molecule has 0 radical (unpaired) electrons. The molecule has 0 aliphatic heterocycles. The molecule has 0 amide bonds. The first-order valence-corrected chi connectivity index (χ1v) is 5.23. The van der Waals surface area contributed by atoms with Crippen molar-refractivity contribution in [1.82, 2.24) is 20.2 Å². The molecule has 0 unspecified atom stereocenters. The molecular weight excluding hydrogens is 218 g/mol. The number of nitrogens with one attached hydrogen (secondary N) is 2. The average Bonchev–Trinajstić information content (AvgIpc) is 2.82. The van der Waals surface area contributed by atoms with Gasteiger partial charge in [0.25, 0.3) is 0 Å². The van der Waals surface area contributed by atoms with Crippen LogP contribution in [0.15, 0.2) is 6.20 Å². The van der Waals surface area contributed by atoms with Crippen molar-refractivity contribution in [1.29, 1.82) is 5.26 Å². The summed E-state index contributed by atoms with van der Waals surface area (Å²) >= 11 is 0. The van der Waals surface area contributed by atoms with E-state index >= 15 is 0 Å². The van der Waals surface area contributed by atoms with Gasteiger partial charge in [-0.25, -0.2) is 0 Å². The van der Waals surface area contributed by atoms with Crippen molar-refractivity contribution < 1.29 is 0 Å². The average molecular weight is 231 g/mol. The first-order valence-electron chi connectivity index (χ1n) is 5.23. The molecule has 7 nitrogen and oxygen atoms in total. The lowest BCUT2D eigenvalue weighted by Crippen LogP contribution is -2.20. The fraction of sp³-hybridized carbons (Fsp3) is 0.400. The van der Waals surface area contributed by atoms with E-state index in [9.17, 15) is 0 Å². The minimum absolute atomic E-state index is 0.453. The molecule has 17 heavy (non-hydrogen) atoms. The summed E-state index contributed by atoms with van der Waals surface area (Å²) in [6.45, 7) is 0.622. The quantitative estimate of drug-likeness (QED) is 0.806. The third kappa shape index (κ3) is 2.10. The number of rotatable bonds is 4. The molecule has 2 N–H and O–H groups in total. The summed E-state index contributed by atoms with van der Waals surface area (Å²) in [5.74, 6) is 1.30. The van der Waals surface area contributed by atoms with Crippen LogP contribution < -0.4 is 10.2 Å². The van der Waals surface area contributed by atoms with E-state index in [0.29, 0.717) is 24.6 Å². The van der Waals surface area contributed by atoms with Gasteiger partial charge >= 0.3 is 0 Å². The summed E-state index contributed by atoms with van der Waals surface area (Å²) in [7, 11) is 3.65. The normalized spacial score (nSPS) is 10.2. The van der Waals surface area contributed by atoms with Gasteiger partial charge in [-0.1, -0.05) is 0 Å². The van der Waals surface area contributed by atoms with Crippen molar-refractivity contribution in [2.45, 2.75) is 6.42 Å². The van der Waals surface area contributed by atoms with Gasteiger partial charge in [-0.15, -0.1) is 0 Å². The fourth-order valence-corrected chi connectivity index (χ4v) is 1.55. The first kappa shape index (κ1) is 11.1. The van der Waals surface area contributed by atoms with Crippen LogP contribution >= 0.6 is 0 Å². The van der Waals surface area contributed by atoms with E-state index in [0.717, 1.165) is 11.2 Å². The van der Waals surface area contributed by atoms with Crippen molar-refractivity contribution in [3.8, 4) is 6.07 Å². The standard InChI is InChI=1S/C10H13N7/c1-12-10-14-8-7(6-13-16-8)9(15-10)17(2)5-3-4-11/h6H,3,5H2,1-2H3,(H2,12,13,14,15,16). The zero-order chi connectivity index (χ0) is 12.3. The number of aromatic nitrogens is 4. The van der Waals surface area contributed by atoms with Crippen molar-refractivity contribution in [2.75, 3.05) is 30.9 Å². The van der Waals surface area contributed by atoms with Crippen LogP contribution in [0, 0.1) is 11.3 Å². The monoisotopic (exact) mass is 231 g/mol. The molecule has 0 aliphatic rings. The highest BCUT2D eigenvalue weighted by atomic mass is 15.2. The number of fused-ring (bicyclic) bond motifs is 1. The van der Waals surface area contributed by atoms with E-state index in [2.05, 4.69) is 31.6 Å². The molecule has 2 aromatic rings. The summed E-state index contributed by atoms with van der Waals surface area (Å²) in [6, 6.07) is 2.11. The van der Waals surface area contributed by atoms with Crippen LogP contribution in [-0.4, -0.2) is 40.8 Å². The topological polar surface area (TPSA) is 93.5 Å². The molecule has 0 aromatic carbocycles. The van der Waals surface area contributed by atoms with Gasteiger partial charge in [-0.2, -0.15) is 20.3 Å². The van der Waals surface area contributed by atoms with Crippen molar-refractivity contribution in [3.05, 3.63) is 6.20 Å². The third-order valence-corrected chi connectivity index (χ3v) is 2.43. The lowest BCUT2D eigenvalue weighted by Gasteiger charge is -2.17. The lowest BCUT2D eigenvalue weighted by atomic mass is 10.3. The van der Waals surface area contributed by atoms with Gasteiger partial charge in [0.1, 0.15) is 5.82 Å². The van der Waals surface area contributed by atoms with Crippen LogP contribution in [0.1, 0.15) is 6.42 Å². The Morgan fingerprint density at radius 1 is 1.53 bits per heavy atom. The maximum absolute atomic E-state index is 8.60. The van der Waals surface area contributed by atoms with Crippen LogP contribution in [-0.2, 0) is 0 Å². The van der Waals surface area contributed by atoms with Gasteiger partial charge in [0.05, 0.1) is 24.1 Å². The molecule has 0 saturated carbocycles. The maximum Gasteiger partial charge on any atom is 0.226 e. The van der Waals surface area contributed by atoms with Gasteiger partial charge < -0.3 is 10.2 Å². The van der Waals surface area contributed by atoms with E-state index in [1.807, 2.05) is 11.9 Å². The number of nitriles is 1. The molecule has 0 fully saturated rings. The van der Waals surface area contributed by atoms with Crippen LogP contribution in [0.4, 0.5) is 11.8 Å². The molecule has 0 aliphatic carbocycles. The van der Waals surface area contributed by atoms with Gasteiger partial charge in [-0.3, -0.25) is 5.10 Å². The highest BCUT2D eigenvalue weighted by molar-refractivity contribution is 5.87. The number of hydrogen-bond acceptors (Lipinski definition) is 6. The van der Waals surface area contributed by atoms with Crippen molar-refractivity contribution in [2.24, 2.45) is 0 Å². The highest BCUT2D eigenvalue weighted by Crippen LogP contribution is 2.22. The van der Waals surface area contributed by atoms with Crippen LogP contribution in [0.5, 0.6) is 0 Å². The Bertz CT molecular complexity index is 553. The minimum Gasteiger partial charge on any atom is -0.358 e. The van der Waals surface area contributed by atoms with Gasteiger partial charge in [0, 0.05) is 20.6 Å². The minimum atomic E-state index is 0.453. The first-order chi connectivity index (χ1) is 8.26. The second-order valence-corrected chi connectivity index (χ2v) is 3.58. The fourth-order valence-electron chi connectivity index (χ4n) is 1.55. The Labute approximate surface area is 98.5 Å². The molecule has 88 valence electrons. The number of nitrogens with zero attached hydrogens (tertiary/aromatic N) is 5. The molecule has 2 aromatic heterocycles. The number of H-pyrrole nitrogens is 1. The van der Waals surface area contributed by atoms with Gasteiger partial charge in [-0.05, 0) is 0 Å². The zero-order valence-corrected chi connectivity index (χ0v) is 9.73. The predicted molar refractivity (Wildman–Crippen MR) is 64.7 cm³/mol. The van der Waals surface area contributed by atoms with E-state index in [1.54, 1.807) is 13.2 Å². The second-order valence-electron chi connectivity index (χ2n) is 3.58. The molecule has 0 saturated heterocycles. The maximum atomic E-state index is 8.60. The summed E-state index contributed by atoms with van der Waals surface area (Å²) in [4.78, 5) is 10.5. The Morgan fingerprint density at radius 3 is 3.06 bits per heavy atom. The Morgan fingerprint density at radius 2 is 2.35 bits per heavy atom. The van der Waals surface area contributed by atoms with E-state index in [-0.39, 0.29) is 0 Å². The van der Waals surface area contributed by atoms with Crippen molar-refractivity contribution in [3.63, 3.8) is 0 Å². The summed E-state index contributed by atoms with van der Waals surface area (Å²) < 4.78 is 0. The molecule has 7 heteroatoms. The van der Waals surface area contributed by atoms with Crippen LogP contribution in [0.25, 0.3) is 11.0 Å². The highest BCUT2D eigenvalue weighted by Gasteiger charge is 2.12.